The fraction of sp³-hybridized carbons (Fsp3) is 0.333. The standard InChI is InChI=1S/C27H30N4O3S/c1-19-3-10-27(28-16-19)29-25-11-13-31(14-12-25)35(33,34)26-8-6-21(7-9-26)22-4-5-23-17-30(20(2)32)18-24(23)15-22/h3-10,15-16,25H,11-14,17-18H2,1-2H3,(H,28,29). The molecule has 3 heterocycles. The maximum Gasteiger partial charge on any atom is 0.243 e. The molecule has 1 fully saturated rings. The lowest BCUT2D eigenvalue weighted by Gasteiger charge is -2.32. The van der Waals surface area contributed by atoms with E-state index in [0.29, 0.717) is 31.1 Å². The Balaban J connectivity index is 1.24. The summed E-state index contributed by atoms with van der Waals surface area (Å²) in [6.07, 6.45) is 3.30. The van der Waals surface area contributed by atoms with Gasteiger partial charge in [0.25, 0.3) is 0 Å². The van der Waals surface area contributed by atoms with Crippen LogP contribution in [0.3, 0.4) is 0 Å². The first-order valence-electron chi connectivity index (χ1n) is 12.0. The van der Waals surface area contributed by atoms with Crippen molar-refractivity contribution in [3.8, 4) is 11.1 Å². The molecule has 8 heteroatoms. The molecule has 182 valence electrons. The summed E-state index contributed by atoms with van der Waals surface area (Å²) >= 11 is 0. The molecule has 2 aliphatic heterocycles. The molecule has 0 atom stereocenters. The first-order valence-corrected chi connectivity index (χ1v) is 13.4. The molecule has 0 unspecified atom stereocenters. The van der Waals surface area contributed by atoms with E-state index in [1.165, 1.54) is 5.56 Å². The summed E-state index contributed by atoms with van der Waals surface area (Å²) < 4.78 is 28.1. The number of nitrogens with zero attached hydrogens (tertiary/aromatic N) is 3. The maximum atomic E-state index is 13.2. The van der Waals surface area contributed by atoms with Crippen LogP contribution in [0.5, 0.6) is 0 Å². The monoisotopic (exact) mass is 490 g/mol. The quantitative estimate of drug-likeness (QED) is 0.580. The van der Waals surface area contributed by atoms with Crippen molar-refractivity contribution in [2.24, 2.45) is 0 Å². The third-order valence-electron chi connectivity index (χ3n) is 6.92. The van der Waals surface area contributed by atoms with Gasteiger partial charge in [0.1, 0.15) is 5.82 Å². The van der Waals surface area contributed by atoms with Gasteiger partial charge >= 0.3 is 0 Å². The number of aromatic nitrogens is 1. The Bertz CT molecular complexity index is 1330. The molecule has 0 radical (unpaired) electrons. The van der Waals surface area contributed by atoms with Crippen molar-refractivity contribution in [2.75, 3.05) is 18.4 Å². The highest BCUT2D eigenvalue weighted by Crippen LogP contribution is 2.30. The molecule has 0 aliphatic carbocycles. The topological polar surface area (TPSA) is 82.6 Å². The molecular formula is C27H30N4O3S. The minimum Gasteiger partial charge on any atom is -0.367 e. The average molecular weight is 491 g/mol. The van der Waals surface area contributed by atoms with Gasteiger partial charge in [-0.1, -0.05) is 30.3 Å². The van der Waals surface area contributed by atoms with Gasteiger partial charge in [0.15, 0.2) is 0 Å². The number of rotatable bonds is 5. The number of hydrogen-bond donors (Lipinski definition) is 1. The zero-order valence-corrected chi connectivity index (χ0v) is 20.9. The summed E-state index contributed by atoms with van der Waals surface area (Å²) in [6, 6.07) is 17.5. The molecular weight excluding hydrogens is 460 g/mol. The third kappa shape index (κ3) is 4.94. The number of fused-ring (bicyclic) bond motifs is 1. The number of amides is 1. The van der Waals surface area contributed by atoms with Crippen molar-refractivity contribution >= 4 is 21.7 Å². The molecule has 35 heavy (non-hydrogen) atoms. The lowest BCUT2D eigenvalue weighted by molar-refractivity contribution is -0.129. The van der Waals surface area contributed by atoms with Gasteiger partial charge in [0.2, 0.25) is 15.9 Å². The highest BCUT2D eigenvalue weighted by molar-refractivity contribution is 7.89. The van der Waals surface area contributed by atoms with Gasteiger partial charge in [-0.15, -0.1) is 0 Å². The Hall–Kier alpha value is -3.23. The van der Waals surface area contributed by atoms with Crippen LogP contribution >= 0.6 is 0 Å². The molecule has 1 N–H and O–H groups in total. The van der Waals surface area contributed by atoms with Crippen molar-refractivity contribution in [3.63, 3.8) is 0 Å². The van der Waals surface area contributed by atoms with Crippen molar-refractivity contribution in [1.82, 2.24) is 14.2 Å². The van der Waals surface area contributed by atoms with E-state index in [-0.39, 0.29) is 11.9 Å². The maximum absolute atomic E-state index is 13.2. The summed E-state index contributed by atoms with van der Waals surface area (Å²) in [5.41, 5.74) is 5.40. The average Bonchev–Trinajstić information content (AvgIpc) is 3.30. The highest BCUT2D eigenvalue weighted by atomic mass is 32.2. The number of carbonyl (C=O) groups is 1. The zero-order chi connectivity index (χ0) is 24.6. The van der Waals surface area contributed by atoms with Crippen LogP contribution in [-0.2, 0) is 27.9 Å². The van der Waals surface area contributed by atoms with Gasteiger partial charge in [-0.05, 0) is 71.8 Å². The van der Waals surface area contributed by atoms with Crippen molar-refractivity contribution in [1.29, 1.82) is 0 Å². The number of carbonyl (C=O) groups excluding carboxylic acids is 1. The van der Waals surface area contributed by atoms with Crippen LogP contribution in [0.1, 0.15) is 36.5 Å². The number of anilines is 1. The first kappa shape index (κ1) is 23.5. The normalized spacial score (nSPS) is 16.8. The van der Waals surface area contributed by atoms with Gasteiger partial charge < -0.3 is 10.2 Å². The van der Waals surface area contributed by atoms with E-state index in [9.17, 15) is 13.2 Å². The molecule has 0 spiro atoms. The second-order valence-corrected chi connectivity index (χ2v) is 11.4. The Morgan fingerprint density at radius 1 is 0.943 bits per heavy atom. The summed E-state index contributed by atoms with van der Waals surface area (Å²) in [4.78, 5) is 18.2. The van der Waals surface area contributed by atoms with Crippen LogP contribution < -0.4 is 5.32 Å². The molecule has 2 aliphatic rings. The number of benzene rings is 2. The van der Waals surface area contributed by atoms with E-state index in [1.807, 2.05) is 48.4 Å². The minimum atomic E-state index is -3.54. The van der Waals surface area contributed by atoms with Crippen LogP contribution in [0.4, 0.5) is 5.82 Å². The summed E-state index contributed by atoms with van der Waals surface area (Å²) in [5, 5.41) is 3.42. The number of pyridine rings is 1. The van der Waals surface area contributed by atoms with E-state index in [0.717, 1.165) is 40.9 Å². The number of piperidine rings is 1. The fourth-order valence-electron chi connectivity index (χ4n) is 4.77. The van der Waals surface area contributed by atoms with Crippen molar-refractivity contribution in [3.05, 3.63) is 77.5 Å². The van der Waals surface area contributed by atoms with Crippen LogP contribution in [0.2, 0.25) is 0 Å². The van der Waals surface area contributed by atoms with Gasteiger partial charge in [-0.2, -0.15) is 4.31 Å². The smallest absolute Gasteiger partial charge is 0.243 e. The Kier molecular flexibility index (Phi) is 6.34. The van der Waals surface area contributed by atoms with E-state index < -0.39 is 10.0 Å². The van der Waals surface area contributed by atoms with Gasteiger partial charge in [-0.25, -0.2) is 13.4 Å². The SMILES string of the molecule is CC(=O)N1Cc2ccc(-c3ccc(S(=O)(=O)N4CCC(Nc5ccc(C)cn5)CC4)cc3)cc2C1. The molecule has 0 saturated carbocycles. The Morgan fingerprint density at radius 3 is 2.29 bits per heavy atom. The molecule has 2 aromatic carbocycles. The van der Waals surface area contributed by atoms with E-state index in [4.69, 9.17) is 0 Å². The molecule has 7 nitrogen and oxygen atoms in total. The zero-order valence-electron chi connectivity index (χ0n) is 20.1. The van der Waals surface area contributed by atoms with Crippen molar-refractivity contribution in [2.45, 2.75) is 50.7 Å². The summed E-state index contributed by atoms with van der Waals surface area (Å²) in [6.45, 7) is 5.81. The molecule has 3 aromatic rings. The van der Waals surface area contributed by atoms with Gasteiger partial charge in [-0.3, -0.25) is 4.79 Å². The van der Waals surface area contributed by atoms with E-state index in [2.05, 4.69) is 22.4 Å². The lowest BCUT2D eigenvalue weighted by atomic mass is 10.0. The molecule has 0 bridgehead atoms. The van der Waals surface area contributed by atoms with Crippen LogP contribution in [0.25, 0.3) is 11.1 Å². The number of aryl methyl sites for hydroxylation is 1. The number of sulfonamides is 1. The van der Waals surface area contributed by atoms with Gasteiger partial charge in [0.05, 0.1) is 4.90 Å². The summed E-state index contributed by atoms with van der Waals surface area (Å²) in [7, 11) is -3.54. The highest BCUT2D eigenvalue weighted by Gasteiger charge is 2.29. The Morgan fingerprint density at radius 2 is 1.63 bits per heavy atom. The first-order chi connectivity index (χ1) is 16.8. The fourth-order valence-corrected chi connectivity index (χ4v) is 6.24. The summed E-state index contributed by atoms with van der Waals surface area (Å²) in [5.74, 6) is 0.900. The third-order valence-corrected chi connectivity index (χ3v) is 8.83. The predicted molar refractivity (Wildman–Crippen MR) is 136 cm³/mol. The largest absolute Gasteiger partial charge is 0.367 e. The van der Waals surface area contributed by atoms with E-state index in [1.54, 1.807) is 23.4 Å². The van der Waals surface area contributed by atoms with Crippen molar-refractivity contribution < 1.29 is 13.2 Å². The number of nitrogens with one attached hydrogen (secondary N) is 1. The van der Waals surface area contributed by atoms with Crippen LogP contribution in [0, 0.1) is 6.92 Å². The molecule has 1 aromatic heterocycles. The van der Waals surface area contributed by atoms with Crippen LogP contribution in [-0.4, -0.2) is 47.6 Å². The minimum absolute atomic E-state index is 0.0731. The number of hydrogen-bond acceptors (Lipinski definition) is 5. The predicted octanol–water partition coefficient (Wildman–Crippen LogP) is 4.18. The molecule has 5 rings (SSSR count). The second kappa shape index (κ2) is 9.43. The van der Waals surface area contributed by atoms with Crippen LogP contribution in [0.15, 0.2) is 65.7 Å². The molecule has 1 amide bonds. The Labute approximate surface area is 206 Å². The van der Waals surface area contributed by atoms with Gasteiger partial charge in [0, 0.05) is 45.3 Å². The molecule has 1 saturated heterocycles. The lowest BCUT2D eigenvalue weighted by Crippen LogP contribution is -2.42. The second-order valence-electron chi connectivity index (χ2n) is 9.43. The van der Waals surface area contributed by atoms with E-state index >= 15 is 0 Å².